The Kier molecular flexibility index (Phi) is 5.61. The predicted octanol–water partition coefficient (Wildman–Crippen LogP) is 3.24. The summed E-state index contributed by atoms with van der Waals surface area (Å²) in [5.74, 6) is 1.73. The zero-order valence-corrected chi connectivity index (χ0v) is 16.5. The minimum Gasteiger partial charge on any atom is -0.492 e. The number of nitrogens with zero attached hydrogens (tertiary/aromatic N) is 4. The molecule has 0 bridgehead atoms. The van der Waals surface area contributed by atoms with E-state index in [1.807, 2.05) is 24.3 Å². The van der Waals surface area contributed by atoms with Gasteiger partial charge in [-0.2, -0.15) is 0 Å². The second-order valence-electron chi connectivity index (χ2n) is 6.49. The van der Waals surface area contributed by atoms with Gasteiger partial charge in [-0.25, -0.2) is 4.98 Å². The maximum absolute atomic E-state index is 6.08. The number of aromatic nitrogens is 3. The molecule has 142 valence electrons. The summed E-state index contributed by atoms with van der Waals surface area (Å²) in [4.78, 5) is 11.8. The molecule has 3 heterocycles. The van der Waals surface area contributed by atoms with Crippen LogP contribution in [0.1, 0.15) is 5.56 Å². The highest BCUT2D eigenvalue weighted by molar-refractivity contribution is 7.97. The molecule has 0 aliphatic carbocycles. The van der Waals surface area contributed by atoms with Gasteiger partial charge in [0, 0.05) is 37.7 Å². The van der Waals surface area contributed by atoms with Crippen molar-refractivity contribution < 1.29 is 9.47 Å². The maximum atomic E-state index is 6.08. The maximum Gasteiger partial charge on any atom is 0.170 e. The van der Waals surface area contributed by atoms with Crippen LogP contribution in [0.3, 0.4) is 0 Å². The quantitative estimate of drug-likeness (QED) is 0.650. The van der Waals surface area contributed by atoms with E-state index in [9.17, 15) is 0 Å². The first-order valence-corrected chi connectivity index (χ1v) is 10.4. The molecular weight excluding hydrogens is 360 g/mol. The molecule has 0 amide bonds. The second kappa shape index (κ2) is 8.29. The number of hydrogen-bond acceptors (Lipinski definition) is 6. The summed E-state index contributed by atoms with van der Waals surface area (Å²) in [5, 5.41) is 0. The van der Waals surface area contributed by atoms with E-state index in [1.54, 1.807) is 18.1 Å². The molecule has 1 aromatic carbocycles. The molecular formula is C20H24N4O2S. The van der Waals surface area contributed by atoms with Gasteiger partial charge < -0.3 is 9.47 Å². The molecule has 6 nitrogen and oxygen atoms in total. The predicted molar refractivity (Wildman–Crippen MR) is 109 cm³/mol. The van der Waals surface area contributed by atoms with Crippen molar-refractivity contribution in [1.82, 2.24) is 18.8 Å². The molecule has 0 spiro atoms. The number of imidazole rings is 1. The number of fused-ring (bicyclic) bond motifs is 1. The van der Waals surface area contributed by atoms with E-state index >= 15 is 0 Å². The number of morpholine rings is 1. The summed E-state index contributed by atoms with van der Waals surface area (Å²) in [7, 11) is 0. The highest BCUT2D eigenvalue weighted by atomic mass is 32.2. The Morgan fingerprint density at radius 3 is 2.81 bits per heavy atom. The molecule has 4 rings (SSSR count). The van der Waals surface area contributed by atoms with Gasteiger partial charge in [-0.05, 0) is 37.1 Å². The Hall–Kier alpha value is -2.09. The topological polar surface area (TPSA) is 52.4 Å². The first-order valence-electron chi connectivity index (χ1n) is 9.19. The Labute approximate surface area is 163 Å². The van der Waals surface area contributed by atoms with E-state index in [0.29, 0.717) is 6.61 Å². The first-order chi connectivity index (χ1) is 13.3. The molecule has 2 aromatic heterocycles. The molecule has 0 radical (unpaired) electrons. The van der Waals surface area contributed by atoms with Crippen LogP contribution in [0.5, 0.6) is 5.75 Å². The SMILES string of the molecule is CSn1c(-c2nccc(OCCN3CCOCC3)c2C)nc2ccccc21. The highest BCUT2D eigenvalue weighted by Crippen LogP contribution is 2.32. The van der Waals surface area contributed by atoms with Crippen molar-refractivity contribution >= 4 is 23.0 Å². The summed E-state index contributed by atoms with van der Waals surface area (Å²) in [5.41, 5.74) is 3.95. The minimum absolute atomic E-state index is 0.656. The van der Waals surface area contributed by atoms with Crippen LogP contribution in [0.4, 0.5) is 0 Å². The third-order valence-corrected chi connectivity index (χ3v) is 5.57. The molecule has 0 atom stereocenters. The first kappa shape index (κ1) is 18.3. The molecule has 27 heavy (non-hydrogen) atoms. The zero-order chi connectivity index (χ0) is 18.6. The Morgan fingerprint density at radius 2 is 2.00 bits per heavy atom. The van der Waals surface area contributed by atoms with Gasteiger partial charge in [0.1, 0.15) is 18.1 Å². The largest absolute Gasteiger partial charge is 0.492 e. The van der Waals surface area contributed by atoms with Crippen molar-refractivity contribution in [3.8, 4) is 17.3 Å². The van der Waals surface area contributed by atoms with Crippen LogP contribution in [0.15, 0.2) is 36.5 Å². The average molecular weight is 385 g/mol. The molecule has 1 fully saturated rings. The van der Waals surface area contributed by atoms with E-state index in [4.69, 9.17) is 14.5 Å². The van der Waals surface area contributed by atoms with Gasteiger partial charge in [0.15, 0.2) is 5.82 Å². The van der Waals surface area contributed by atoms with Crippen molar-refractivity contribution in [2.75, 3.05) is 45.7 Å². The molecule has 0 unspecified atom stereocenters. The van der Waals surface area contributed by atoms with E-state index in [0.717, 1.165) is 66.7 Å². The van der Waals surface area contributed by atoms with Crippen molar-refractivity contribution in [2.45, 2.75) is 6.92 Å². The Bertz CT molecular complexity index is 921. The number of pyridine rings is 1. The van der Waals surface area contributed by atoms with Crippen molar-refractivity contribution in [2.24, 2.45) is 0 Å². The zero-order valence-electron chi connectivity index (χ0n) is 15.7. The summed E-state index contributed by atoms with van der Waals surface area (Å²) >= 11 is 1.63. The van der Waals surface area contributed by atoms with Gasteiger partial charge >= 0.3 is 0 Å². The van der Waals surface area contributed by atoms with Gasteiger partial charge in [-0.15, -0.1) is 0 Å². The number of benzene rings is 1. The minimum atomic E-state index is 0.656. The standard InChI is InChI=1S/C20H24N4O2S/c1-15-18(26-14-11-23-9-12-25-13-10-23)7-8-21-19(15)20-22-16-5-3-4-6-17(16)24(20)27-2/h3-8H,9-14H2,1-2H3. The summed E-state index contributed by atoms with van der Waals surface area (Å²) in [6.07, 6.45) is 3.85. The van der Waals surface area contributed by atoms with Gasteiger partial charge in [0.2, 0.25) is 0 Å². The highest BCUT2D eigenvalue weighted by Gasteiger charge is 2.17. The third-order valence-electron chi connectivity index (χ3n) is 4.84. The molecule has 1 saturated heterocycles. The average Bonchev–Trinajstić information content (AvgIpc) is 3.08. The van der Waals surface area contributed by atoms with Crippen LogP contribution in [0, 0.1) is 6.92 Å². The summed E-state index contributed by atoms with van der Waals surface area (Å²) in [6.45, 7) is 7.18. The van der Waals surface area contributed by atoms with Gasteiger partial charge in [-0.3, -0.25) is 13.9 Å². The molecule has 0 saturated carbocycles. The van der Waals surface area contributed by atoms with E-state index in [-0.39, 0.29) is 0 Å². The number of hydrogen-bond donors (Lipinski definition) is 0. The van der Waals surface area contributed by atoms with Crippen molar-refractivity contribution in [3.63, 3.8) is 0 Å². The van der Waals surface area contributed by atoms with E-state index < -0.39 is 0 Å². The van der Waals surface area contributed by atoms with Crippen LogP contribution in [-0.4, -0.2) is 64.6 Å². The summed E-state index contributed by atoms with van der Waals surface area (Å²) < 4.78 is 13.6. The third kappa shape index (κ3) is 3.81. The van der Waals surface area contributed by atoms with Gasteiger partial charge in [-0.1, -0.05) is 12.1 Å². The monoisotopic (exact) mass is 384 g/mol. The number of rotatable bonds is 6. The number of ether oxygens (including phenoxy) is 2. The van der Waals surface area contributed by atoms with Crippen LogP contribution in [0.2, 0.25) is 0 Å². The van der Waals surface area contributed by atoms with E-state index in [1.165, 1.54) is 0 Å². The number of para-hydroxylation sites is 2. The van der Waals surface area contributed by atoms with Crippen LogP contribution >= 0.6 is 11.9 Å². The van der Waals surface area contributed by atoms with Crippen molar-refractivity contribution in [3.05, 3.63) is 42.1 Å². The molecule has 3 aromatic rings. The van der Waals surface area contributed by atoms with Crippen LogP contribution in [-0.2, 0) is 4.74 Å². The van der Waals surface area contributed by atoms with Gasteiger partial charge in [0.05, 0.1) is 24.2 Å². The Balaban J connectivity index is 1.57. The molecule has 0 N–H and O–H groups in total. The fourth-order valence-corrected chi connectivity index (χ4v) is 4.00. The molecule has 1 aliphatic heterocycles. The van der Waals surface area contributed by atoms with Crippen molar-refractivity contribution in [1.29, 1.82) is 0 Å². The lowest BCUT2D eigenvalue weighted by Gasteiger charge is -2.26. The fraction of sp³-hybridized carbons (Fsp3) is 0.400. The lowest BCUT2D eigenvalue weighted by atomic mass is 10.2. The van der Waals surface area contributed by atoms with Gasteiger partial charge in [0.25, 0.3) is 0 Å². The lowest BCUT2D eigenvalue weighted by molar-refractivity contribution is 0.0322. The second-order valence-corrected chi connectivity index (χ2v) is 7.22. The molecule has 1 aliphatic rings. The fourth-order valence-electron chi connectivity index (χ4n) is 3.35. The van der Waals surface area contributed by atoms with Crippen LogP contribution < -0.4 is 4.74 Å². The lowest BCUT2D eigenvalue weighted by Crippen LogP contribution is -2.38. The van der Waals surface area contributed by atoms with Crippen LogP contribution in [0.25, 0.3) is 22.6 Å². The summed E-state index contributed by atoms with van der Waals surface area (Å²) in [6, 6.07) is 10.1. The normalized spacial score (nSPS) is 15.3. The smallest absolute Gasteiger partial charge is 0.170 e. The molecule has 7 heteroatoms. The Morgan fingerprint density at radius 1 is 1.19 bits per heavy atom. The van der Waals surface area contributed by atoms with E-state index in [2.05, 4.69) is 33.1 Å².